The molecule has 0 saturated carbocycles. The molecule has 0 unspecified atom stereocenters. The van der Waals surface area contributed by atoms with Crippen LogP contribution in [0.15, 0.2) is 69.7 Å². The Morgan fingerprint density at radius 2 is 1.78 bits per heavy atom. The van der Waals surface area contributed by atoms with Crippen LogP contribution in [0.4, 0.5) is 5.13 Å². The van der Waals surface area contributed by atoms with Crippen molar-refractivity contribution >= 4 is 43.3 Å². The molecule has 186 valence electrons. The first-order chi connectivity index (χ1) is 17.2. The molecule has 3 heterocycles. The zero-order valence-corrected chi connectivity index (χ0v) is 21.5. The number of piperazine rings is 1. The molecule has 11 heteroatoms. The van der Waals surface area contributed by atoms with Gasteiger partial charge in [-0.15, -0.1) is 11.3 Å². The van der Waals surface area contributed by atoms with Crippen molar-refractivity contribution in [1.29, 1.82) is 0 Å². The number of pyridine rings is 1. The molecule has 1 aliphatic rings. The number of rotatable bonds is 5. The number of hydrogen-bond donors (Lipinski definition) is 1. The summed E-state index contributed by atoms with van der Waals surface area (Å²) in [6.45, 7) is 3.00. The van der Waals surface area contributed by atoms with Gasteiger partial charge in [-0.25, -0.2) is 17.7 Å². The summed E-state index contributed by atoms with van der Waals surface area (Å²) in [4.78, 5) is 37.3. The van der Waals surface area contributed by atoms with Gasteiger partial charge < -0.3 is 14.8 Å². The Hall–Kier alpha value is -3.54. The first kappa shape index (κ1) is 24.2. The highest BCUT2D eigenvalue weighted by Crippen LogP contribution is 2.30. The van der Waals surface area contributed by atoms with Crippen molar-refractivity contribution in [2.24, 2.45) is 0 Å². The minimum absolute atomic E-state index is 0.0540. The van der Waals surface area contributed by atoms with Crippen LogP contribution < -0.4 is 9.86 Å². The number of aromatic amines is 1. The maximum absolute atomic E-state index is 12.9. The lowest BCUT2D eigenvalue weighted by atomic mass is 10.1. The van der Waals surface area contributed by atoms with Gasteiger partial charge in [-0.3, -0.25) is 9.59 Å². The van der Waals surface area contributed by atoms with Gasteiger partial charge in [0.05, 0.1) is 16.2 Å². The number of carbonyl (C=O) groups excluding carboxylic acids is 1. The predicted molar refractivity (Wildman–Crippen MR) is 141 cm³/mol. The number of likely N-dealkylation sites (N-methyl/N-ethyl adjacent to an activating group) is 1. The third-order valence-corrected chi connectivity index (χ3v) is 9.12. The van der Waals surface area contributed by atoms with E-state index in [0.29, 0.717) is 35.4 Å². The summed E-state index contributed by atoms with van der Waals surface area (Å²) < 4.78 is 27.0. The standard InChI is InChI=1S/C25H25N5O4S2/c1-28-10-12-30(13-11-28)24(32)18-9-8-17-14-20(23(31)26-21(17)15-18)22-16-35-25(27-22)29(2)36(33,34)19-6-4-3-5-7-19/h3-9,14-16H,10-13H2,1-2H3,(H,26,31). The fraction of sp³-hybridized carbons (Fsp3) is 0.240. The Kier molecular flexibility index (Phi) is 6.37. The van der Waals surface area contributed by atoms with Crippen molar-refractivity contribution in [3.8, 4) is 11.3 Å². The van der Waals surface area contributed by atoms with E-state index in [0.717, 1.165) is 34.1 Å². The van der Waals surface area contributed by atoms with Crippen molar-refractivity contribution in [2.45, 2.75) is 4.90 Å². The second-order valence-corrected chi connectivity index (χ2v) is 11.5. The van der Waals surface area contributed by atoms with Crippen LogP contribution in [0, 0.1) is 0 Å². The Morgan fingerprint density at radius 1 is 1.06 bits per heavy atom. The summed E-state index contributed by atoms with van der Waals surface area (Å²) >= 11 is 1.14. The largest absolute Gasteiger partial charge is 0.336 e. The van der Waals surface area contributed by atoms with Crippen molar-refractivity contribution in [3.05, 3.63) is 75.9 Å². The Morgan fingerprint density at radius 3 is 2.50 bits per heavy atom. The molecule has 2 aromatic carbocycles. The van der Waals surface area contributed by atoms with E-state index in [1.54, 1.807) is 47.8 Å². The molecule has 0 radical (unpaired) electrons. The Balaban J connectivity index is 1.42. The number of aromatic nitrogens is 2. The molecule has 1 amide bonds. The quantitative estimate of drug-likeness (QED) is 0.431. The molecule has 4 aromatic rings. The number of sulfonamides is 1. The average Bonchev–Trinajstić information content (AvgIpc) is 3.38. The predicted octanol–water partition coefficient (Wildman–Crippen LogP) is 2.86. The van der Waals surface area contributed by atoms with Crippen molar-refractivity contribution in [3.63, 3.8) is 0 Å². The van der Waals surface area contributed by atoms with E-state index in [1.165, 1.54) is 19.2 Å². The molecule has 2 aromatic heterocycles. The lowest BCUT2D eigenvalue weighted by Gasteiger charge is -2.32. The lowest BCUT2D eigenvalue weighted by Crippen LogP contribution is -2.47. The van der Waals surface area contributed by atoms with E-state index in [4.69, 9.17) is 0 Å². The normalized spacial score (nSPS) is 14.8. The van der Waals surface area contributed by atoms with Crippen LogP contribution in [-0.2, 0) is 10.0 Å². The number of nitrogens with zero attached hydrogens (tertiary/aromatic N) is 4. The van der Waals surface area contributed by atoms with Crippen LogP contribution in [0.1, 0.15) is 10.4 Å². The molecule has 1 saturated heterocycles. The number of benzene rings is 2. The number of hydrogen-bond acceptors (Lipinski definition) is 7. The Bertz CT molecular complexity index is 1590. The number of thiazole rings is 1. The molecule has 36 heavy (non-hydrogen) atoms. The second kappa shape index (κ2) is 9.49. The van der Waals surface area contributed by atoms with Crippen LogP contribution in [0.2, 0.25) is 0 Å². The summed E-state index contributed by atoms with van der Waals surface area (Å²) in [5.74, 6) is -0.0540. The van der Waals surface area contributed by atoms with E-state index in [9.17, 15) is 18.0 Å². The second-order valence-electron chi connectivity index (χ2n) is 8.71. The molecule has 0 aliphatic carbocycles. The first-order valence-corrected chi connectivity index (χ1v) is 13.7. The Labute approximate surface area is 212 Å². The van der Waals surface area contributed by atoms with Gasteiger partial charge in [0, 0.05) is 49.7 Å². The molecule has 0 atom stereocenters. The van der Waals surface area contributed by atoms with E-state index in [2.05, 4.69) is 14.9 Å². The SMILES string of the molecule is CN1CCN(C(=O)c2ccc3cc(-c4csc(N(C)S(=O)(=O)c5ccccc5)n4)c(=O)[nH]c3c2)CC1. The molecule has 1 N–H and O–H groups in total. The van der Waals surface area contributed by atoms with Gasteiger partial charge in [-0.1, -0.05) is 24.3 Å². The van der Waals surface area contributed by atoms with Gasteiger partial charge >= 0.3 is 0 Å². The molecule has 0 bridgehead atoms. The van der Waals surface area contributed by atoms with Crippen LogP contribution in [-0.4, -0.2) is 74.4 Å². The zero-order chi connectivity index (χ0) is 25.4. The van der Waals surface area contributed by atoms with Crippen molar-refractivity contribution < 1.29 is 13.2 Å². The molecular formula is C25H25N5O4S2. The fourth-order valence-electron chi connectivity index (χ4n) is 4.10. The van der Waals surface area contributed by atoms with Gasteiger partial charge in [0.1, 0.15) is 0 Å². The molecule has 5 rings (SSSR count). The summed E-state index contributed by atoms with van der Waals surface area (Å²) in [7, 11) is -0.302. The molecule has 9 nitrogen and oxygen atoms in total. The van der Waals surface area contributed by atoms with Crippen molar-refractivity contribution in [1.82, 2.24) is 19.8 Å². The highest BCUT2D eigenvalue weighted by molar-refractivity contribution is 7.93. The van der Waals surface area contributed by atoms with Gasteiger partial charge in [-0.2, -0.15) is 0 Å². The number of carbonyl (C=O) groups is 1. The maximum atomic E-state index is 12.9. The smallest absolute Gasteiger partial charge is 0.265 e. The number of anilines is 1. The average molecular weight is 524 g/mol. The zero-order valence-electron chi connectivity index (χ0n) is 19.8. The van der Waals surface area contributed by atoms with Gasteiger partial charge in [0.15, 0.2) is 5.13 Å². The van der Waals surface area contributed by atoms with E-state index in [-0.39, 0.29) is 21.5 Å². The third-order valence-electron chi connectivity index (χ3n) is 6.32. The van der Waals surface area contributed by atoms with Gasteiger partial charge in [0.25, 0.3) is 21.5 Å². The van der Waals surface area contributed by atoms with Crippen LogP contribution in [0.3, 0.4) is 0 Å². The molecule has 0 spiro atoms. The van der Waals surface area contributed by atoms with Crippen LogP contribution in [0.5, 0.6) is 0 Å². The minimum atomic E-state index is -3.77. The number of fused-ring (bicyclic) bond motifs is 1. The van der Waals surface area contributed by atoms with E-state index < -0.39 is 10.0 Å². The first-order valence-electron chi connectivity index (χ1n) is 11.4. The van der Waals surface area contributed by atoms with Gasteiger partial charge in [0.2, 0.25) is 0 Å². The highest BCUT2D eigenvalue weighted by atomic mass is 32.2. The monoisotopic (exact) mass is 523 g/mol. The molecule has 1 aliphatic heterocycles. The highest BCUT2D eigenvalue weighted by Gasteiger charge is 2.24. The van der Waals surface area contributed by atoms with E-state index >= 15 is 0 Å². The fourth-order valence-corrected chi connectivity index (χ4v) is 6.29. The maximum Gasteiger partial charge on any atom is 0.265 e. The summed E-state index contributed by atoms with van der Waals surface area (Å²) in [6, 6.07) is 15.1. The van der Waals surface area contributed by atoms with Crippen molar-refractivity contribution in [2.75, 3.05) is 44.6 Å². The minimum Gasteiger partial charge on any atom is -0.336 e. The van der Waals surface area contributed by atoms with E-state index in [1.807, 2.05) is 11.9 Å². The molecule has 1 fully saturated rings. The number of amides is 1. The third kappa shape index (κ3) is 4.52. The topological polar surface area (TPSA) is 107 Å². The van der Waals surface area contributed by atoms with Gasteiger partial charge in [-0.05, 0) is 42.8 Å². The van der Waals surface area contributed by atoms with Crippen LogP contribution in [0.25, 0.3) is 22.2 Å². The van der Waals surface area contributed by atoms with Crippen LogP contribution >= 0.6 is 11.3 Å². The number of H-pyrrole nitrogens is 1. The summed E-state index contributed by atoms with van der Waals surface area (Å²) in [5, 5.41) is 2.66. The number of nitrogens with one attached hydrogen (secondary N) is 1. The summed E-state index contributed by atoms with van der Waals surface area (Å²) in [6.07, 6.45) is 0. The summed E-state index contributed by atoms with van der Waals surface area (Å²) in [5.41, 5.74) is 1.43. The molecular weight excluding hydrogens is 498 g/mol. The lowest BCUT2D eigenvalue weighted by molar-refractivity contribution is 0.0664.